The first-order valence-corrected chi connectivity index (χ1v) is 25.0. The van der Waals surface area contributed by atoms with Gasteiger partial charge in [-0.2, -0.15) is 0 Å². The van der Waals surface area contributed by atoms with Crippen molar-refractivity contribution in [1.29, 1.82) is 0 Å². The zero-order valence-corrected chi connectivity index (χ0v) is 37.3. The van der Waals surface area contributed by atoms with Crippen LogP contribution in [0.4, 0.5) is 0 Å². The lowest BCUT2D eigenvalue weighted by Gasteiger charge is -2.21. The zero-order valence-electron chi connectivity index (χ0n) is 37.3. The number of rotatable bonds is 46. The average molecular weight is 778 g/mol. The van der Waals surface area contributed by atoms with Gasteiger partial charge in [0.2, 0.25) is 5.91 Å². The highest BCUT2D eigenvalue weighted by Gasteiger charge is 2.22. The fourth-order valence-corrected chi connectivity index (χ4v) is 7.95. The summed E-state index contributed by atoms with van der Waals surface area (Å²) in [4.78, 5) is 12.5. The molecular weight excluding hydrogens is 679 g/mol. The maximum absolute atomic E-state index is 12.5. The monoisotopic (exact) mass is 778 g/mol. The van der Waals surface area contributed by atoms with Crippen molar-refractivity contribution in [2.75, 3.05) is 6.61 Å². The van der Waals surface area contributed by atoms with Gasteiger partial charge in [-0.15, -0.1) is 0 Å². The number of unbranched alkanes of at least 4 members (excludes halogenated alkanes) is 38. The van der Waals surface area contributed by atoms with Crippen LogP contribution in [0.15, 0.2) is 12.2 Å². The molecule has 328 valence electrons. The molecule has 55 heavy (non-hydrogen) atoms. The predicted molar refractivity (Wildman–Crippen MR) is 241 cm³/mol. The van der Waals surface area contributed by atoms with Crippen LogP contribution in [-0.4, -0.2) is 46.1 Å². The van der Waals surface area contributed by atoms with Crippen molar-refractivity contribution in [2.45, 2.75) is 295 Å². The second-order valence-electron chi connectivity index (χ2n) is 17.4. The van der Waals surface area contributed by atoms with E-state index in [0.29, 0.717) is 6.42 Å². The molecule has 0 aliphatic carbocycles. The van der Waals surface area contributed by atoms with E-state index in [9.17, 15) is 20.1 Å². The quantitative estimate of drug-likeness (QED) is 0.0366. The Morgan fingerprint density at radius 3 is 1.00 bits per heavy atom. The largest absolute Gasteiger partial charge is 0.394 e. The van der Waals surface area contributed by atoms with E-state index < -0.39 is 24.2 Å². The Bertz CT molecular complexity index is 773. The normalized spacial score (nSPS) is 13.5. The summed E-state index contributed by atoms with van der Waals surface area (Å²) in [5, 5.41) is 33.2. The summed E-state index contributed by atoms with van der Waals surface area (Å²) in [5.41, 5.74) is 0. The van der Waals surface area contributed by atoms with E-state index in [0.717, 1.165) is 32.1 Å². The van der Waals surface area contributed by atoms with Crippen molar-refractivity contribution in [3.05, 3.63) is 12.2 Å². The summed E-state index contributed by atoms with van der Waals surface area (Å²) in [6.07, 6.45) is 55.6. The van der Waals surface area contributed by atoms with Gasteiger partial charge in [0, 0.05) is 0 Å². The number of aliphatic hydroxyl groups is 3. The van der Waals surface area contributed by atoms with E-state index in [2.05, 4.69) is 19.2 Å². The van der Waals surface area contributed by atoms with Crippen LogP contribution in [-0.2, 0) is 4.79 Å². The highest BCUT2D eigenvalue weighted by atomic mass is 16.3. The third kappa shape index (κ3) is 41.1. The van der Waals surface area contributed by atoms with Gasteiger partial charge in [-0.25, -0.2) is 0 Å². The van der Waals surface area contributed by atoms with Crippen LogP contribution >= 0.6 is 0 Å². The molecule has 4 N–H and O–H groups in total. The SMILES string of the molecule is CCCCCCCCCCCCC/C=C/[C@@H](O)[C@H](CO)NC(=O)C(O)CCCCCCCCCCCCCCCCCCCCCCCCCCCCCC. The van der Waals surface area contributed by atoms with Crippen LogP contribution in [0.25, 0.3) is 0 Å². The molecule has 0 aromatic carbocycles. The Kier molecular flexibility index (Phi) is 45.0. The number of amides is 1. The molecule has 0 saturated carbocycles. The lowest BCUT2D eigenvalue weighted by Crippen LogP contribution is -2.48. The van der Waals surface area contributed by atoms with E-state index in [1.807, 2.05) is 6.08 Å². The minimum absolute atomic E-state index is 0.359. The molecule has 1 amide bonds. The van der Waals surface area contributed by atoms with Crippen molar-refractivity contribution >= 4 is 5.91 Å². The van der Waals surface area contributed by atoms with Crippen LogP contribution < -0.4 is 5.32 Å². The van der Waals surface area contributed by atoms with E-state index in [4.69, 9.17) is 0 Å². The van der Waals surface area contributed by atoms with Crippen LogP contribution in [0.2, 0.25) is 0 Å². The highest BCUT2D eigenvalue weighted by Crippen LogP contribution is 2.17. The van der Waals surface area contributed by atoms with Crippen LogP contribution in [0.5, 0.6) is 0 Å². The number of aliphatic hydroxyl groups excluding tert-OH is 3. The van der Waals surface area contributed by atoms with Crippen molar-refractivity contribution in [3.8, 4) is 0 Å². The van der Waals surface area contributed by atoms with Gasteiger partial charge in [0.25, 0.3) is 0 Å². The Morgan fingerprint density at radius 2 is 0.709 bits per heavy atom. The minimum Gasteiger partial charge on any atom is -0.394 e. The third-order valence-electron chi connectivity index (χ3n) is 11.9. The van der Waals surface area contributed by atoms with Gasteiger partial charge >= 0.3 is 0 Å². The summed E-state index contributed by atoms with van der Waals surface area (Å²) in [6.45, 7) is 4.20. The lowest BCUT2D eigenvalue weighted by molar-refractivity contribution is -0.131. The summed E-state index contributed by atoms with van der Waals surface area (Å²) >= 11 is 0. The zero-order chi connectivity index (χ0) is 40.1. The molecule has 0 saturated heterocycles. The molecule has 0 aliphatic heterocycles. The third-order valence-corrected chi connectivity index (χ3v) is 11.9. The number of allylic oxidation sites excluding steroid dienone is 1. The molecule has 0 spiro atoms. The second kappa shape index (κ2) is 45.8. The standard InChI is InChI=1S/C50H99NO4/c1-3-5-7-9-11-13-15-17-18-19-20-21-22-23-24-25-26-27-28-29-30-31-33-35-37-39-41-43-45-49(54)50(55)51-47(46-52)48(53)44-42-40-38-36-34-32-16-14-12-10-8-6-4-2/h42,44,47-49,52-54H,3-41,43,45-46H2,1-2H3,(H,51,55)/b44-42+/t47-,48+,49?/m0/s1. The van der Waals surface area contributed by atoms with Gasteiger partial charge in [0.15, 0.2) is 0 Å². The van der Waals surface area contributed by atoms with Gasteiger partial charge in [0.1, 0.15) is 6.10 Å². The Labute approximate surface area is 344 Å². The van der Waals surface area contributed by atoms with Gasteiger partial charge < -0.3 is 20.6 Å². The molecule has 1 unspecified atom stereocenters. The fraction of sp³-hybridized carbons (Fsp3) is 0.940. The first-order valence-electron chi connectivity index (χ1n) is 25.0. The molecule has 0 aromatic rings. The minimum atomic E-state index is -1.09. The lowest BCUT2D eigenvalue weighted by atomic mass is 10.0. The van der Waals surface area contributed by atoms with E-state index in [-0.39, 0.29) is 6.61 Å². The summed E-state index contributed by atoms with van der Waals surface area (Å²) in [5.74, 6) is -0.498. The molecule has 0 fully saturated rings. The number of hydrogen-bond donors (Lipinski definition) is 4. The molecule has 0 aromatic heterocycles. The molecular formula is C50H99NO4. The Balaban J connectivity index is 3.51. The maximum Gasteiger partial charge on any atom is 0.249 e. The molecule has 5 heteroatoms. The van der Waals surface area contributed by atoms with Crippen LogP contribution in [0.3, 0.4) is 0 Å². The molecule has 3 atom stereocenters. The fourth-order valence-electron chi connectivity index (χ4n) is 7.95. The number of nitrogens with one attached hydrogen (secondary N) is 1. The highest BCUT2D eigenvalue weighted by molar-refractivity contribution is 5.80. The molecule has 0 aliphatic rings. The van der Waals surface area contributed by atoms with E-state index in [1.165, 1.54) is 225 Å². The predicted octanol–water partition coefficient (Wildman–Crippen LogP) is 14.8. The summed E-state index contributed by atoms with van der Waals surface area (Å²) in [6, 6.07) is -0.792. The van der Waals surface area contributed by atoms with Crippen molar-refractivity contribution < 1.29 is 20.1 Å². The number of carbonyl (C=O) groups excluding carboxylic acids is 1. The van der Waals surface area contributed by atoms with Gasteiger partial charge in [-0.1, -0.05) is 270 Å². The topological polar surface area (TPSA) is 89.8 Å². The number of hydrogen-bond acceptors (Lipinski definition) is 4. The van der Waals surface area contributed by atoms with Crippen LogP contribution in [0, 0.1) is 0 Å². The summed E-state index contributed by atoms with van der Waals surface area (Å²) in [7, 11) is 0. The maximum atomic E-state index is 12.5. The molecule has 0 bridgehead atoms. The van der Waals surface area contributed by atoms with Gasteiger partial charge in [-0.05, 0) is 19.3 Å². The Morgan fingerprint density at radius 1 is 0.436 bits per heavy atom. The van der Waals surface area contributed by atoms with Gasteiger partial charge in [-0.3, -0.25) is 4.79 Å². The molecule has 5 nitrogen and oxygen atoms in total. The summed E-state index contributed by atoms with van der Waals surface area (Å²) < 4.78 is 0. The molecule has 0 heterocycles. The second-order valence-corrected chi connectivity index (χ2v) is 17.4. The molecule has 0 rings (SSSR count). The van der Waals surface area contributed by atoms with Crippen LogP contribution in [0.1, 0.15) is 277 Å². The van der Waals surface area contributed by atoms with E-state index >= 15 is 0 Å². The van der Waals surface area contributed by atoms with Crippen molar-refractivity contribution in [2.24, 2.45) is 0 Å². The first-order chi connectivity index (χ1) is 27.1. The Hall–Kier alpha value is -0.910. The van der Waals surface area contributed by atoms with Crippen molar-refractivity contribution in [1.82, 2.24) is 5.32 Å². The average Bonchev–Trinajstić information content (AvgIpc) is 3.19. The number of carbonyl (C=O) groups is 1. The van der Waals surface area contributed by atoms with E-state index in [1.54, 1.807) is 6.08 Å². The first kappa shape index (κ1) is 54.1. The smallest absolute Gasteiger partial charge is 0.249 e. The molecule has 0 radical (unpaired) electrons. The van der Waals surface area contributed by atoms with Gasteiger partial charge in [0.05, 0.1) is 18.8 Å². The van der Waals surface area contributed by atoms with Crippen molar-refractivity contribution in [3.63, 3.8) is 0 Å².